The van der Waals surface area contributed by atoms with Crippen LogP contribution in [0.2, 0.25) is 0 Å². The Kier molecular flexibility index (Phi) is 8.41. The van der Waals surface area contributed by atoms with Crippen molar-refractivity contribution in [3.05, 3.63) is 15.9 Å². The van der Waals surface area contributed by atoms with E-state index in [-0.39, 0.29) is 0 Å². The number of hydrogen-bond acceptors (Lipinski definition) is 3. The number of likely N-dealkylation sites (N-methyl/N-ethyl adjacent to an activating group) is 1. The highest BCUT2D eigenvalue weighted by molar-refractivity contribution is 9.10. The third-order valence-electron chi connectivity index (χ3n) is 3.39. The molecule has 0 fully saturated rings. The van der Waals surface area contributed by atoms with Crippen LogP contribution in [-0.4, -0.2) is 35.6 Å². The monoisotopic (exact) mass is 345 g/mol. The highest BCUT2D eigenvalue weighted by Gasteiger charge is 2.17. The Morgan fingerprint density at radius 2 is 2.05 bits per heavy atom. The van der Waals surface area contributed by atoms with E-state index in [4.69, 9.17) is 4.74 Å². The van der Waals surface area contributed by atoms with Gasteiger partial charge in [0.1, 0.15) is 0 Å². The van der Waals surface area contributed by atoms with Crippen LogP contribution in [0.15, 0.2) is 4.47 Å². The van der Waals surface area contributed by atoms with Crippen LogP contribution in [-0.2, 0) is 24.6 Å². The summed E-state index contributed by atoms with van der Waals surface area (Å²) in [6.45, 7) is 9.08. The normalized spacial score (nSPS) is 12.8. The minimum Gasteiger partial charge on any atom is -0.381 e. The maximum Gasteiger partial charge on any atom is 0.0766 e. The van der Waals surface area contributed by atoms with Crippen molar-refractivity contribution < 1.29 is 4.74 Å². The molecule has 0 spiro atoms. The zero-order valence-electron chi connectivity index (χ0n) is 13.2. The second kappa shape index (κ2) is 9.53. The number of halogens is 1. The van der Waals surface area contributed by atoms with Gasteiger partial charge >= 0.3 is 0 Å². The topological polar surface area (TPSA) is 39.1 Å². The van der Waals surface area contributed by atoms with Crippen molar-refractivity contribution >= 4 is 15.9 Å². The fraction of sp³-hybridized carbons (Fsp3) is 0.800. The van der Waals surface area contributed by atoms with Gasteiger partial charge in [-0.05, 0) is 41.7 Å². The lowest BCUT2D eigenvalue weighted by atomic mass is 10.1. The predicted octanol–water partition coefficient (Wildman–Crippen LogP) is 3.08. The van der Waals surface area contributed by atoms with Crippen LogP contribution in [0, 0.1) is 0 Å². The average Bonchev–Trinajstić information content (AvgIpc) is 2.71. The molecule has 1 N–H and O–H groups in total. The van der Waals surface area contributed by atoms with Crippen LogP contribution in [0.3, 0.4) is 0 Å². The Morgan fingerprint density at radius 3 is 2.60 bits per heavy atom. The van der Waals surface area contributed by atoms with Crippen molar-refractivity contribution in [1.29, 1.82) is 0 Å². The molecule has 0 amide bonds. The summed E-state index contributed by atoms with van der Waals surface area (Å²) in [6, 6.07) is 0.438. The molecule has 1 aromatic rings. The van der Waals surface area contributed by atoms with Gasteiger partial charge in [0.05, 0.1) is 15.9 Å². The SMILES string of the molecule is CCCOCCC(Cc1c(Br)c(CC)nn1C)NCC. The molecule has 1 atom stereocenters. The minimum atomic E-state index is 0.438. The number of hydrogen-bond donors (Lipinski definition) is 1. The molecule has 0 saturated heterocycles. The largest absolute Gasteiger partial charge is 0.381 e. The van der Waals surface area contributed by atoms with E-state index in [0.29, 0.717) is 6.04 Å². The maximum absolute atomic E-state index is 5.61. The van der Waals surface area contributed by atoms with Gasteiger partial charge in [0.15, 0.2) is 0 Å². The van der Waals surface area contributed by atoms with Gasteiger partial charge in [0.2, 0.25) is 0 Å². The molecule has 0 aliphatic heterocycles. The summed E-state index contributed by atoms with van der Waals surface area (Å²) in [5, 5.41) is 8.11. The van der Waals surface area contributed by atoms with E-state index in [9.17, 15) is 0 Å². The quantitative estimate of drug-likeness (QED) is 0.662. The van der Waals surface area contributed by atoms with Crippen molar-refractivity contribution in [3.63, 3.8) is 0 Å². The molecule has 4 nitrogen and oxygen atoms in total. The van der Waals surface area contributed by atoms with E-state index in [1.807, 2.05) is 11.7 Å². The summed E-state index contributed by atoms with van der Waals surface area (Å²) in [4.78, 5) is 0. The lowest BCUT2D eigenvalue weighted by Crippen LogP contribution is -2.33. The van der Waals surface area contributed by atoms with Gasteiger partial charge < -0.3 is 10.1 Å². The predicted molar refractivity (Wildman–Crippen MR) is 87.2 cm³/mol. The average molecular weight is 346 g/mol. The van der Waals surface area contributed by atoms with Crippen molar-refractivity contribution in [2.75, 3.05) is 19.8 Å². The Morgan fingerprint density at radius 1 is 1.30 bits per heavy atom. The van der Waals surface area contributed by atoms with Crippen LogP contribution in [0.5, 0.6) is 0 Å². The molecule has 5 heteroatoms. The van der Waals surface area contributed by atoms with Crippen molar-refractivity contribution in [2.24, 2.45) is 7.05 Å². The van der Waals surface area contributed by atoms with Crippen LogP contribution in [0.1, 0.15) is 45.0 Å². The molecule has 20 heavy (non-hydrogen) atoms. The van der Waals surface area contributed by atoms with Crippen molar-refractivity contribution in [3.8, 4) is 0 Å². The van der Waals surface area contributed by atoms with Crippen LogP contribution < -0.4 is 5.32 Å². The summed E-state index contributed by atoms with van der Waals surface area (Å²) in [5.41, 5.74) is 2.41. The van der Waals surface area contributed by atoms with Gasteiger partial charge in [0, 0.05) is 32.7 Å². The van der Waals surface area contributed by atoms with Crippen molar-refractivity contribution in [1.82, 2.24) is 15.1 Å². The lowest BCUT2D eigenvalue weighted by molar-refractivity contribution is 0.124. The third-order valence-corrected chi connectivity index (χ3v) is 4.31. The number of aryl methyl sites for hydroxylation is 2. The molecule has 0 bridgehead atoms. The van der Waals surface area contributed by atoms with Gasteiger partial charge in [-0.15, -0.1) is 0 Å². The first-order chi connectivity index (χ1) is 9.63. The zero-order chi connectivity index (χ0) is 15.0. The summed E-state index contributed by atoms with van der Waals surface area (Å²) in [5.74, 6) is 0. The Labute approximate surface area is 131 Å². The number of nitrogens with one attached hydrogen (secondary N) is 1. The van der Waals surface area contributed by atoms with Crippen LogP contribution in [0.4, 0.5) is 0 Å². The maximum atomic E-state index is 5.61. The summed E-state index contributed by atoms with van der Waals surface area (Å²) < 4.78 is 8.78. The van der Waals surface area contributed by atoms with Gasteiger partial charge in [-0.25, -0.2) is 0 Å². The van der Waals surface area contributed by atoms with E-state index in [2.05, 4.69) is 47.1 Å². The molecular weight excluding hydrogens is 318 g/mol. The lowest BCUT2D eigenvalue weighted by Gasteiger charge is -2.18. The van der Waals surface area contributed by atoms with Crippen LogP contribution in [0.25, 0.3) is 0 Å². The van der Waals surface area contributed by atoms with E-state index in [1.165, 1.54) is 10.2 Å². The van der Waals surface area contributed by atoms with E-state index in [0.717, 1.165) is 51.1 Å². The van der Waals surface area contributed by atoms with Crippen molar-refractivity contribution in [2.45, 2.75) is 52.5 Å². The standard InChI is InChI=1S/C15H28BrN3O/c1-5-9-20-10-8-12(17-7-3)11-14-15(16)13(6-2)18-19(14)4/h12,17H,5-11H2,1-4H3. The number of ether oxygens (including phenoxy) is 1. The Hall–Kier alpha value is -0.390. The van der Waals surface area contributed by atoms with E-state index < -0.39 is 0 Å². The molecule has 1 aromatic heterocycles. The fourth-order valence-corrected chi connectivity index (χ4v) is 3.09. The molecule has 1 unspecified atom stereocenters. The summed E-state index contributed by atoms with van der Waals surface area (Å²) in [6.07, 6.45) is 4.05. The summed E-state index contributed by atoms with van der Waals surface area (Å²) in [7, 11) is 2.02. The number of aromatic nitrogens is 2. The molecule has 0 aliphatic rings. The van der Waals surface area contributed by atoms with Crippen LogP contribution >= 0.6 is 15.9 Å². The molecule has 0 aliphatic carbocycles. The first-order valence-corrected chi connectivity index (χ1v) is 8.44. The number of nitrogens with zero attached hydrogens (tertiary/aromatic N) is 2. The van der Waals surface area contributed by atoms with Gasteiger partial charge in [-0.3, -0.25) is 4.68 Å². The highest BCUT2D eigenvalue weighted by Crippen LogP contribution is 2.23. The fourth-order valence-electron chi connectivity index (χ4n) is 2.31. The molecule has 116 valence electrons. The van der Waals surface area contributed by atoms with Gasteiger partial charge in [-0.1, -0.05) is 20.8 Å². The molecule has 0 saturated carbocycles. The third kappa shape index (κ3) is 5.19. The molecule has 1 heterocycles. The molecule has 0 aromatic carbocycles. The molecule has 0 radical (unpaired) electrons. The first-order valence-electron chi connectivity index (χ1n) is 7.65. The number of rotatable bonds is 10. The Balaban J connectivity index is 2.62. The Bertz CT molecular complexity index is 393. The second-order valence-corrected chi connectivity index (χ2v) is 5.84. The molecular formula is C15H28BrN3O. The first kappa shape index (κ1) is 17.7. The molecule has 1 rings (SSSR count). The highest BCUT2D eigenvalue weighted by atomic mass is 79.9. The zero-order valence-corrected chi connectivity index (χ0v) is 14.8. The minimum absolute atomic E-state index is 0.438. The van der Waals surface area contributed by atoms with Gasteiger partial charge in [-0.2, -0.15) is 5.10 Å². The van der Waals surface area contributed by atoms with Gasteiger partial charge in [0.25, 0.3) is 0 Å². The summed E-state index contributed by atoms with van der Waals surface area (Å²) >= 11 is 3.69. The second-order valence-electron chi connectivity index (χ2n) is 5.04. The van der Waals surface area contributed by atoms with E-state index >= 15 is 0 Å². The van der Waals surface area contributed by atoms with E-state index in [1.54, 1.807) is 0 Å². The smallest absolute Gasteiger partial charge is 0.0766 e.